The van der Waals surface area contributed by atoms with Gasteiger partial charge in [-0.1, -0.05) is 58.4 Å². The molecular formula is C21H22BrNO4. The van der Waals surface area contributed by atoms with Crippen molar-refractivity contribution in [2.45, 2.75) is 33.0 Å². The first kappa shape index (κ1) is 20.7. The molecule has 2 aromatic rings. The van der Waals surface area contributed by atoms with Crippen LogP contribution in [0.4, 0.5) is 4.79 Å². The molecule has 0 bridgehead atoms. The molecule has 5 nitrogen and oxygen atoms in total. The fourth-order valence-electron chi connectivity index (χ4n) is 2.09. The largest absolute Gasteiger partial charge is 0.456 e. The predicted octanol–water partition coefficient (Wildman–Crippen LogP) is 5.06. The molecule has 0 heterocycles. The van der Waals surface area contributed by atoms with E-state index in [2.05, 4.69) is 21.2 Å². The van der Waals surface area contributed by atoms with Crippen molar-refractivity contribution in [3.8, 4) is 0 Å². The van der Waals surface area contributed by atoms with Crippen LogP contribution in [0.2, 0.25) is 0 Å². The fourth-order valence-corrected chi connectivity index (χ4v) is 2.35. The average molecular weight is 432 g/mol. The van der Waals surface area contributed by atoms with Gasteiger partial charge in [-0.3, -0.25) is 5.32 Å². The molecule has 142 valence electrons. The fraction of sp³-hybridized carbons (Fsp3) is 0.238. The summed E-state index contributed by atoms with van der Waals surface area (Å²) in [5.41, 5.74) is 0.912. The topological polar surface area (TPSA) is 64.6 Å². The van der Waals surface area contributed by atoms with Crippen LogP contribution in [-0.2, 0) is 20.9 Å². The van der Waals surface area contributed by atoms with Crippen molar-refractivity contribution in [1.82, 2.24) is 5.32 Å². The number of benzene rings is 2. The molecule has 0 saturated carbocycles. The van der Waals surface area contributed by atoms with E-state index in [1.807, 2.05) is 54.6 Å². The minimum atomic E-state index is -0.720. The van der Waals surface area contributed by atoms with Crippen molar-refractivity contribution in [1.29, 1.82) is 0 Å². The summed E-state index contributed by atoms with van der Waals surface area (Å²) in [5, 5.41) is 2.49. The summed E-state index contributed by atoms with van der Waals surface area (Å²) < 4.78 is 11.5. The Morgan fingerprint density at radius 1 is 1.04 bits per heavy atom. The highest BCUT2D eigenvalue weighted by Crippen LogP contribution is 2.14. The summed E-state index contributed by atoms with van der Waals surface area (Å²) in [6.45, 7) is 5.35. The Labute approximate surface area is 167 Å². The molecule has 2 rings (SSSR count). The summed E-state index contributed by atoms with van der Waals surface area (Å²) in [6.07, 6.45) is 0.825. The number of nitrogens with one attached hydrogen (secondary N) is 1. The number of carbonyl (C=O) groups is 2. The number of ether oxygens (including phenoxy) is 2. The third-order valence-electron chi connectivity index (χ3n) is 3.25. The second-order valence-corrected chi connectivity index (χ2v) is 7.71. The van der Waals surface area contributed by atoms with Crippen LogP contribution in [-0.4, -0.2) is 17.7 Å². The highest BCUT2D eigenvalue weighted by atomic mass is 79.9. The minimum Gasteiger partial charge on any atom is -0.456 e. The first-order valence-corrected chi connectivity index (χ1v) is 9.20. The molecule has 0 aliphatic rings. The van der Waals surface area contributed by atoms with Crippen LogP contribution in [0.25, 0.3) is 6.08 Å². The normalized spacial score (nSPS) is 11.6. The van der Waals surface area contributed by atoms with Gasteiger partial charge in [0, 0.05) is 4.47 Å². The van der Waals surface area contributed by atoms with Gasteiger partial charge >= 0.3 is 12.1 Å². The molecule has 6 heteroatoms. The van der Waals surface area contributed by atoms with Gasteiger partial charge in [-0.25, -0.2) is 9.59 Å². The maximum Gasteiger partial charge on any atom is 0.412 e. The molecule has 2 aromatic carbocycles. The standard InChI is InChI=1S/C21H22BrNO4/c1-21(2,3)27-20(25)23-18(13-15-9-11-17(22)12-10-15)19(24)26-14-16-7-5-4-6-8-16/h4-13H,14H2,1-3H3,(H,23,25)/b18-13-. The summed E-state index contributed by atoms with van der Waals surface area (Å²) in [4.78, 5) is 24.6. The summed E-state index contributed by atoms with van der Waals surface area (Å²) >= 11 is 3.36. The van der Waals surface area contributed by atoms with E-state index in [1.54, 1.807) is 26.8 Å². The monoisotopic (exact) mass is 431 g/mol. The Morgan fingerprint density at radius 3 is 2.26 bits per heavy atom. The second kappa shape index (κ2) is 9.37. The lowest BCUT2D eigenvalue weighted by molar-refractivity contribution is -0.140. The van der Waals surface area contributed by atoms with Crippen molar-refractivity contribution >= 4 is 34.1 Å². The lowest BCUT2D eigenvalue weighted by atomic mass is 10.2. The molecule has 0 aromatic heterocycles. The van der Waals surface area contributed by atoms with E-state index < -0.39 is 17.7 Å². The van der Waals surface area contributed by atoms with Gasteiger partial charge < -0.3 is 9.47 Å². The molecular weight excluding hydrogens is 410 g/mol. The van der Waals surface area contributed by atoms with E-state index >= 15 is 0 Å². The zero-order chi connectivity index (χ0) is 19.9. The van der Waals surface area contributed by atoms with Crippen LogP contribution in [0.15, 0.2) is 64.8 Å². The van der Waals surface area contributed by atoms with Crippen LogP contribution in [0.5, 0.6) is 0 Å². The highest BCUT2D eigenvalue weighted by Gasteiger charge is 2.20. The maximum atomic E-state index is 12.5. The van der Waals surface area contributed by atoms with Crippen LogP contribution in [0.3, 0.4) is 0 Å². The summed E-state index contributed by atoms with van der Waals surface area (Å²) in [5.74, 6) is -0.646. The van der Waals surface area contributed by atoms with Gasteiger partial charge in [0.1, 0.15) is 17.9 Å². The van der Waals surface area contributed by atoms with Gasteiger partial charge in [0.15, 0.2) is 0 Å². The molecule has 0 radical (unpaired) electrons. The van der Waals surface area contributed by atoms with Crippen molar-refractivity contribution in [2.75, 3.05) is 0 Å². The van der Waals surface area contributed by atoms with E-state index in [-0.39, 0.29) is 12.3 Å². The molecule has 0 saturated heterocycles. The van der Waals surface area contributed by atoms with Crippen LogP contribution >= 0.6 is 15.9 Å². The quantitative estimate of drug-likeness (QED) is 0.530. The lowest BCUT2D eigenvalue weighted by Crippen LogP contribution is -2.34. The first-order valence-electron chi connectivity index (χ1n) is 8.41. The molecule has 0 unspecified atom stereocenters. The third kappa shape index (κ3) is 7.66. The number of amides is 1. The van der Waals surface area contributed by atoms with E-state index in [4.69, 9.17) is 9.47 Å². The van der Waals surface area contributed by atoms with Crippen LogP contribution in [0, 0.1) is 0 Å². The van der Waals surface area contributed by atoms with Crippen molar-refractivity contribution in [3.63, 3.8) is 0 Å². The lowest BCUT2D eigenvalue weighted by Gasteiger charge is -2.20. The smallest absolute Gasteiger partial charge is 0.412 e. The van der Waals surface area contributed by atoms with Gasteiger partial charge in [0.05, 0.1) is 0 Å². The van der Waals surface area contributed by atoms with Crippen LogP contribution < -0.4 is 5.32 Å². The van der Waals surface area contributed by atoms with Gasteiger partial charge in [-0.05, 0) is 50.1 Å². The number of hydrogen-bond donors (Lipinski definition) is 1. The summed E-state index contributed by atoms with van der Waals surface area (Å²) in [6, 6.07) is 16.6. The van der Waals surface area contributed by atoms with Gasteiger partial charge in [0.2, 0.25) is 0 Å². The van der Waals surface area contributed by atoms with E-state index in [0.717, 1.165) is 15.6 Å². The first-order chi connectivity index (χ1) is 12.7. The summed E-state index contributed by atoms with van der Waals surface area (Å²) in [7, 11) is 0. The Hall–Kier alpha value is -2.60. The van der Waals surface area contributed by atoms with Gasteiger partial charge in [0.25, 0.3) is 0 Å². The Morgan fingerprint density at radius 2 is 1.67 bits per heavy atom. The predicted molar refractivity (Wildman–Crippen MR) is 108 cm³/mol. The molecule has 1 N–H and O–H groups in total. The molecule has 0 aliphatic heterocycles. The SMILES string of the molecule is CC(C)(C)OC(=O)N/C(=C\c1ccc(Br)cc1)C(=O)OCc1ccccc1. The minimum absolute atomic E-state index is 0.00232. The zero-order valence-electron chi connectivity index (χ0n) is 15.5. The van der Waals surface area contributed by atoms with Crippen LogP contribution in [0.1, 0.15) is 31.9 Å². The highest BCUT2D eigenvalue weighted by molar-refractivity contribution is 9.10. The number of halogens is 1. The van der Waals surface area contributed by atoms with E-state index in [1.165, 1.54) is 0 Å². The van der Waals surface area contributed by atoms with E-state index in [0.29, 0.717) is 0 Å². The second-order valence-electron chi connectivity index (χ2n) is 6.80. The number of alkyl carbamates (subject to hydrolysis) is 1. The van der Waals surface area contributed by atoms with Crippen molar-refractivity contribution < 1.29 is 19.1 Å². The molecule has 0 spiro atoms. The van der Waals surface area contributed by atoms with E-state index in [9.17, 15) is 9.59 Å². The number of carbonyl (C=O) groups excluding carboxylic acids is 2. The molecule has 0 fully saturated rings. The van der Waals surface area contributed by atoms with Gasteiger partial charge in [-0.2, -0.15) is 0 Å². The molecule has 27 heavy (non-hydrogen) atoms. The number of hydrogen-bond acceptors (Lipinski definition) is 4. The molecule has 0 aliphatic carbocycles. The van der Waals surface area contributed by atoms with Gasteiger partial charge in [-0.15, -0.1) is 0 Å². The number of esters is 1. The molecule has 0 atom stereocenters. The zero-order valence-corrected chi connectivity index (χ0v) is 17.1. The average Bonchev–Trinajstić information content (AvgIpc) is 2.60. The maximum absolute atomic E-state index is 12.5. The Kier molecular flexibility index (Phi) is 7.19. The molecule has 1 amide bonds. The number of rotatable bonds is 5. The Bertz CT molecular complexity index is 808. The Balaban J connectivity index is 2.16. The third-order valence-corrected chi connectivity index (χ3v) is 3.78. The van der Waals surface area contributed by atoms with Crippen molar-refractivity contribution in [2.24, 2.45) is 0 Å². The van der Waals surface area contributed by atoms with Crippen molar-refractivity contribution in [3.05, 3.63) is 75.9 Å².